The van der Waals surface area contributed by atoms with Crippen LogP contribution in [0.5, 0.6) is 11.5 Å². The minimum atomic E-state index is 0.0123. The third-order valence-electron chi connectivity index (χ3n) is 6.77. The largest absolute Gasteiger partial charge is 0.497 e. The van der Waals surface area contributed by atoms with Crippen molar-refractivity contribution in [3.8, 4) is 21.9 Å². The Bertz CT molecular complexity index is 1350. The lowest BCUT2D eigenvalue weighted by Gasteiger charge is -2.26. The zero-order chi connectivity index (χ0) is 24.9. The Morgan fingerprint density at radius 3 is 2.39 bits per heavy atom. The number of nitrogens with zero attached hydrogens (tertiary/aromatic N) is 1. The van der Waals surface area contributed by atoms with Crippen molar-refractivity contribution in [2.45, 2.75) is 19.3 Å². The fourth-order valence-electron chi connectivity index (χ4n) is 4.73. The van der Waals surface area contributed by atoms with E-state index in [2.05, 4.69) is 17.5 Å². The summed E-state index contributed by atoms with van der Waals surface area (Å²) in [5.74, 6) is 1.60. The van der Waals surface area contributed by atoms with Crippen LogP contribution in [0.15, 0.2) is 73.3 Å². The average Bonchev–Trinajstić information content (AvgIpc) is 3.32. The van der Waals surface area contributed by atoms with E-state index in [1.807, 2.05) is 66.7 Å². The molecule has 1 aliphatic heterocycles. The van der Waals surface area contributed by atoms with E-state index in [-0.39, 0.29) is 5.78 Å². The summed E-state index contributed by atoms with van der Waals surface area (Å²) in [4.78, 5) is 17.3. The van der Waals surface area contributed by atoms with Crippen LogP contribution in [0.4, 0.5) is 0 Å². The number of fused-ring (bicyclic) bond motifs is 1. The highest BCUT2D eigenvalue weighted by Gasteiger charge is 2.22. The van der Waals surface area contributed by atoms with Gasteiger partial charge >= 0.3 is 0 Å². The summed E-state index contributed by atoms with van der Waals surface area (Å²) in [6.07, 6.45) is 5.72. The van der Waals surface area contributed by atoms with E-state index in [0.29, 0.717) is 12.2 Å². The number of thiophene rings is 1. The van der Waals surface area contributed by atoms with E-state index in [4.69, 9.17) is 9.47 Å². The second-order valence-corrected chi connectivity index (χ2v) is 10.2. The zero-order valence-corrected chi connectivity index (χ0v) is 21.5. The predicted molar refractivity (Wildman–Crippen MR) is 150 cm³/mol. The lowest BCUT2D eigenvalue weighted by Crippen LogP contribution is -2.33. The minimum absolute atomic E-state index is 0.0123. The molecule has 0 bridgehead atoms. The Kier molecular flexibility index (Phi) is 7.49. The Balaban J connectivity index is 1.41. The van der Waals surface area contributed by atoms with Crippen LogP contribution in [0, 0.1) is 0 Å². The number of hydrogen-bond donors (Lipinski definition) is 0. The molecule has 1 aliphatic rings. The van der Waals surface area contributed by atoms with Gasteiger partial charge in [0.2, 0.25) is 0 Å². The number of methoxy groups -OCH3 is 1. The van der Waals surface area contributed by atoms with Gasteiger partial charge in [0.25, 0.3) is 0 Å². The highest BCUT2D eigenvalue weighted by Crippen LogP contribution is 2.41. The Morgan fingerprint density at radius 1 is 0.972 bits per heavy atom. The highest BCUT2D eigenvalue weighted by atomic mass is 32.1. The second kappa shape index (κ2) is 11.1. The summed E-state index contributed by atoms with van der Waals surface area (Å²) < 4.78 is 12.4. The third-order valence-corrected chi connectivity index (χ3v) is 7.97. The smallest absolute Gasteiger partial charge is 0.195 e. The number of likely N-dealkylation sites (tertiary alicyclic amines) is 1. The Labute approximate surface area is 216 Å². The predicted octanol–water partition coefficient (Wildman–Crippen LogP) is 7.32. The summed E-state index contributed by atoms with van der Waals surface area (Å²) in [7, 11) is 1.65. The average molecular weight is 498 g/mol. The molecule has 4 nitrogen and oxygen atoms in total. The molecule has 0 atom stereocenters. The van der Waals surface area contributed by atoms with Gasteiger partial charge in [-0.1, -0.05) is 31.2 Å². The molecule has 1 aromatic heterocycles. The van der Waals surface area contributed by atoms with Crippen LogP contribution in [0.2, 0.25) is 0 Å². The molecule has 0 saturated carbocycles. The molecule has 0 radical (unpaired) electrons. The maximum Gasteiger partial charge on any atom is 0.195 e. The maximum absolute atomic E-state index is 13.8. The molecule has 5 rings (SSSR count). The molecule has 2 heterocycles. The monoisotopic (exact) mass is 497 g/mol. The van der Waals surface area contributed by atoms with Crippen LogP contribution in [0.1, 0.15) is 40.7 Å². The molecule has 0 spiro atoms. The molecule has 1 fully saturated rings. The molecular weight excluding hydrogens is 466 g/mol. The van der Waals surface area contributed by atoms with Crippen molar-refractivity contribution in [3.05, 3.63) is 90.0 Å². The molecule has 0 aliphatic carbocycles. The standard InChI is InChI=1S/C31H31NO3S/c1-3-22-7-16-27-28(21-22)36-31(24-10-12-25(34-2)13-11-24)29(27)30(33)23-8-14-26(15-9-23)35-20-19-32-17-5-4-6-18-32/h3,7-16,21H,1,4-6,17-20H2,2H3. The van der Waals surface area contributed by atoms with Gasteiger partial charge in [0.05, 0.1) is 7.11 Å². The molecular formula is C31H31NO3S. The first-order valence-electron chi connectivity index (χ1n) is 12.5. The zero-order valence-electron chi connectivity index (χ0n) is 20.7. The summed E-state index contributed by atoms with van der Waals surface area (Å²) in [6, 6.07) is 21.6. The number of benzene rings is 3. The Hall–Kier alpha value is -3.41. The molecule has 0 unspecified atom stereocenters. The van der Waals surface area contributed by atoms with E-state index >= 15 is 0 Å². The number of carbonyl (C=O) groups excluding carboxylic acids is 1. The number of ether oxygens (including phenoxy) is 2. The van der Waals surface area contributed by atoms with Crippen molar-refractivity contribution < 1.29 is 14.3 Å². The first-order valence-corrected chi connectivity index (χ1v) is 13.3. The van der Waals surface area contributed by atoms with Crippen LogP contribution in [-0.4, -0.2) is 44.0 Å². The SMILES string of the molecule is C=Cc1ccc2c(C(=O)c3ccc(OCCN4CCCCC4)cc3)c(-c3ccc(OC)cc3)sc2c1. The molecule has 5 heteroatoms. The van der Waals surface area contributed by atoms with E-state index in [0.717, 1.165) is 62.8 Å². The number of carbonyl (C=O) groups is 1. The van der Waals surface area contributed by atoms with Crippen LogP contribution < -0.4 is 9.47 Å². The van der Waals surface area contributed by atoms with E-state index < -0.39 is 0 Å². The van der Waals surface area contributed by atoms with Crippen molar-refractivity contribution in [3.63, 3.8) is 0 Å². The summed E-state index contributed by atoms with van der Waals surface area (Å²) in [6.45, 7) is 7.82. The van der Waals surface area contributed by atoms with E-state index in [9.17, 15) is 4.79 Å². The summed E-state index contributed by atoms with van der Waals surface area (Å²) in [5.41, 5.74) is 3.42. The van der Waals surface area contributed by atoms with Crippen LogP contribution in [-0.2, 0) is 0 Å². The maximum atomic E-state index is 13.8. The molecule has 3 aromatic carbocycles. The molecule has 0 amide bonds. The van der Waals surface area contributed by atoms with Crippen molar-refractivity contribution in [1.29, 1.82) is 0 Å². The lowest BCUT2D eigenvalue weighted by atomic mass is 9.97. The molecule has 184 valence electrons. The Morgan fingerprint density at radius 2 is 1.69 bits per heavy atom. The van der Waals surface area contributed by atoms with Gasteiger partial charge in [0.15, 0.2) is 5.78 Å². The topological polar surface area (TPSA) is 38.8 Å². The van der Waals surface area contributed by atoms with Gasteiger partial charge in [0, 0.05) is 32.6 Å². The normalized spacial score (nSPS) is 14.0. The van der Waals surface area contributed by atoms with Crippen molar-refractivity contribution in [2.75, 3.05) is 33.4 Å². The number of ketones is 1. The first-order chi connectivity index (χ1) is 17.7. The fourth-order valence-corrected chi connectivity index (χ4v) is 5.99. The van der Waals surface area contributed by atoms with Gasteiger partial charge in [-0.25, -0.2) is 0 Å². The lowest BCUT2D eigenvalue weighted by molar-refractivity contribution is 0.104. The number of hydrogen-bond acceptors (Lipinski definition) is 5. The van der Waals surface area contributed by atoms with E-state index in [1.165, 1.54) is 19.3 Å². The highest BCUT2D eigenvalue weighted by molar-refractivity contribution is 7.22. The molecule has 4 aromatic rings. The second-order valence-electron chi connectivity index (χ2n) is 9.10. The fraction of sp³-hybridized carbons (Fsp3) is 0.258. The van der Waals surface area contributed by atoms with Gasteiger partial charge in [-0.2, -0.15) is 0 Å². The molecule has 0 N–H and O–H groups in total. The van der Waals surface area contributed by atoms with Gasteiger partial charge in [0.1, 0.15) is 18.1 Å². The summed E-state index contributed by atoms with van der Waals surface area (Å²) in [5, 5.41) is 0.961. The van der Waals surface area contributed by atoms with E-state index in [1.54, 1.807) is 18.4 Å². The third kappa shape index (κ3) is 5.23. The molecule has 1 saturated heterocycles. The van der Waals surface area contributed by atoms with Crippen LogP contribution >= 0.6 is 11.3 Å². The van der Waals surface area contributed by atoms with Crippen LogP contribution in [0.25, 0.3) is 26.6 Å². The quantitative estimate of drug-likeness (QED) is 0.227. The van der Waals surface area contributed by atoms with Gasteiger partial charge in [-0.3, -0.25) is 9.69 Å². The van der Waals surface area contributed by atoms with Crippen molar-refractivity contribution >= 4 is 33.3 Å². The van der Waals surface area contributed by atoms with Crippen molar-refractivity contribution in [2.24, 2.45) is 0 Å². The minimum Gasteiger partial charge on any atom is -0.497 e. The first kappa shape index (κ1) is 24.3. The molecule has 36 heavy (non-hydrogen) atoms. The van der Waals surface area contributed by atoms with Gasteiger partial charge in [-0.15, -0.1) is 11.3 Å². The summed E-state index contributed by atoms with van der Waals surface area (Å²) >= 11 is 1.63. The van der Waals surface area contributed by atoms with Crippen molar-refractivity contribution in [1.82, 2.24) is 4.90 Å². The van der Waals surface area contributed by atoms with Gasteiger partial charge in [-0.05, 0) is 91.7 Å². The van der Waals surface area contributed by atoms with Crippen LogP contribution in [0.3, 0.4) is 0 Å². The number of rotatable bonds is 9. The van der Waals surface area contributed by atoms with Gasteiger partial charge < -0.3 is 9.47 Å². The number of piperidine rings is 1.